The van der Waals surface area contributed by atoms with Crippen LogP contribution in [0.3, 0.4) is 0 Å². The minimum absolute atomic E-state index is 0.167. The summed E-state index contributed by atoms with van der Waals surface area (Å²) in [7, 11) is -3.44. The molecule has 0 saturated carbocycles. The van der Waals surface area contributed by atoms with Crippen LogP contribution in [0.4, 0.5) is 5.82 Å². The summed E-state index contributed by atoms with van der Waals surface area (Å²) >= 11 is 0. The van der Waals surface area contributed by atoms with E-state index in [2.05, 4.69) is 16.6 Å². The zero-order chi connectivity index (χ0) is 12.7. The summed E-state index contributed by atoms with van der Waals surface area (Å²) < 4.78 is 26.2. The van der Waals surface area contributed by atoms with Crippen molar-refractivity contribution in [3.8, 4) is 0 Å². The summed E-state index contributed by atoms with van der Waals surface area (Å²) in [5.74, 6) is 0.207. The molecule has 0 aromatic carbocycles. The normalized spacial score (nSPS) is 11.6. The predicted octanol–water partition coefficient (Wildman–Crippen LogP) is 1.52. The molecule has 1 heterocycles. The number of sulfonamides is 1. The number of nitrogens with zero attached hydrogens (tertiary/aromatic N) is 1. The second-order valence-corrected chi connectivity index (χ2v) is 5.64. The van der Waals surface area contributed by atoms with Crippen LogP contribution in [0, 0.1) is 0 Å². The van der Waals surface area contributed by atoms with Gasteiger partial charge in [0.15, 0.2) is 0 Å². The number of nitrogens with two attached hydrogens (primary N) is 1. The minimum Gasteiger partial charge on any atom is -0.384 e. The molecule has 0 saturated heterocycles. The van der Waals surface area contributed by atoms with Gasteiger partial charge < -0.3 is 5.73 Å². The van der Waals surface area contributed by atoms with Gasteiger partial charge in [0, 0.05) is 18.8 Å². The van der Waals surface area contributed by atoms with Crippen LogP contribution in [0.1, 0.15) is 32.6 Å². The van der Waals surface area contributed by atoms with E-state index in [0.29, 0.717) is 6.54 Å². The molecule has 0 aliphatic heterocycles. The number of nitrogen functional groups attached to an aromatic ring is 1. The zero-order valence-corrected chi connectivity index (χ0v) is 10.8. The Balaban J connectivity index is 2.51. The van der Waals surface area contributed by atoms with Gasteiger partial charge in [-0.15, -0.1) is 0 Å². The van der Waals surface area contributed by atoms with Crippen molar-refractivity contribution in [2.45, 2.75) is 37.5 Å². The van der Waals surface area contributed by atoms with Crippen molar-refractivity contribution >= 4 is 15.8 Å². The number of hydrogen-bond acceptors (Lipinski definition) is 4. The van der Waals surface area contributed by atoms with E-state index in [1.54, 1.807) is 0 Å². The van der Waals surface area contributed by atoms with Crippen LogP contribution in [-0.4, -0.2) is 19.9 Å². The van der Waals surface area contributed by atoms with Crippen molar-refractivity contribution < 1.29 is 8.42 Å². The van der Waals surface area contributed by atoms with Crippen molar-refractivity contribution in [2.75, 3.05) is 12.3 Å². The molecule has 1 rings (SSSR count). The maximum atomic E-state index is 11.8. The van der Waals surface area contributed by atoms with E-state index in [4.69, 9.17) is 5.73 Å². The van der Waals surface area contributed by atoms with E-state index in [9.17, 15) is 8.42 Å². The first-order valence-electron chi connectivity index (χ1n) is 5.77. The van der Waals surface area contributed by atoms with E-state index in [1.807, 2.05) is 0 Å². The van der Waals surface area contributed by atoms with Gasteiger partial charge in [-0.05, 0) is 12.5 Å². The van der Waals surface area contributed by atoms with E-state index in [0.717, 1.165) is 25.7 Å². The Hall–Kier alpha value is -1.14. The number of aromatic nitrogens is 1. The number of unbranched alkanes of at least 4 members (excludes halogenated alkanes) is 3. The molecule has 1 aromatic heterocycles. The van der Waals surface area contributed by atoms with Gasteiger partial charge >= 0.3 is 0 Å². The predicted molar refractivity (Wildman–Crippen MR) is 68.0 cm³/mol. The Kier molecular flexibility index (Phi) is 5.37. The van der Waals surface area contributed by atoms with Crippen LogP contribution in [0.2, 0.25) is 0 Å². The van der Waals surface area contributed by atoms with Crippen molar-refractivity contribution in [3.63, 3.8) is 0 Å². The summed E-state index contributed by atoms with van der Waals surface area (Å²) in [5, 5.41) is 0. The molecule has 3 N–H and O–H groups in total. The Bertz CT molecular complexity index is 446. The summed E-state index contributed by atoms with van der Waals surface area (Å²) in [5.41, 5.74) is 5.45. The van der Waals surface area contributed by atoms with Gasteiger partial charge in [0.1, 0.15) is 5.82 Å². The summed E-state index contributed by atoms with van der Waals surface area (Å²) in [6, 6.07) is 2.79. The van der Waals surface area contributed by atoms with Gasteiger partial charge in [-0.2, -0.15) is 0 Å². The lowest BCUT2D eigenvalue weighted by Crippen LogP contribution is -2.24. The minimum atomic E-state index is -3.44. The maximum absolute atomic E-state index is 11.8. The average molecular weight is 257 g/mol. The third kappa shape index (κ3) is 4.70. The van der Waals surface area contributed by atoms with Gasteiger partial charge in [0.25, 0.3) is 0 Å². The molecule has 0 bridgehead atoms. The van der Waals surface area contributed by atoms with Gasteiger partial charge in [-0.3, -0.25) is 0 Å². The van der Waals surface area contributed by atoms with Gasteiger partial charge in [0.2, 0.25) is 10.0 Å². The molecule has 17 heavy (non-hydrogen) atoms. The van der Waals surface area contributed by atoms with Crippen molar-refractivity contribution in [1.29, 1.82) is 0 Å². The Morgan fingerprint density at radius 1 is 1.35 bits per heavy atom. The summed E-state index contributed by atoms with van der Waals surface area (Å²) in [6.45, 7) is 2.58. The molecule has 6 heteroatoms. The monoisotopic (exact) mass is 257 g/mol. The number of hydrogen-bond donors (Lipinski definition) is 2. The first-order chi connectivity index (χ1) is 8.06. The van der Waals surface area contributed by atoms with Crippen LogP contribution >= 0.6 is 0 Å². The van der Waals surface area contributed by atoms with E-state index >= 15 is 0 Å². The average Bonchev–Trinajstić information content (AvgIpc) is 2.29. The molecule has 96 valence electrons. The molecule has 0 atom stereocenters. The number of pyridine rings is 1. The number of nitrogens with one attached hydrogen (secondary N) is 1. The third-order valence-corrected chi connectivity index (χ3v) is 3.84. The molecule has 0 spiro atoms. The highest BCUT2D eigenvalue weighted by atomic mass is 32.2. The highest BCUT2D eigenvalue weighted by Crippen LogP contribution is 2.10. The van der Waals surface area contributed by atoms with E-state index < -0.39 is 10.0 Å². The van der Waals surface area contributed by atoms with Crippen LogP contribution in [0.5, 0.6) is 0 Å². The smallest absolute Gasteiger partial charge is 0.240 e. The third-order valence-electron chi connectivity index (χ3n) is 2.39. The Labute approximate surface area is 102 Å². The topological polar surface area (TPSA) is 85.1 Å². The molecule has 0 unspecified atom stereocenters. The maximum Gasteiger partial charge on any atom is 0.240 e. The molecule has 0 fully saturated rings. The lowest BCUT2D eigenvalue weighted by molar-refractivity contribution is 0.573. The lowest BCUT2D eigenvalue weighted by Gasteiger charge is -2.06. The first kappa shape index (κ1) is 13.9. The molecule has 0 amide bonds. The number of rotatable bonds is 7. The van der Waals surface area contributed by atoms with Crippen molar-refractivity contribution in [2.24, 2.45) is 0 Å². The zero-order valence-electron chi connectivity index (χ0n) is 10.0. The lowest BCUT2D eigenvalue weighted by atomic mass is 10.2. The molecule has 1 aromatic rings. The summed E-state index contributed by atoms with van der Waals surface area (Å²) in [6.07, 6.45) is 5.55. The van der Waals surface area contributed by atoms with E-state index in [1.165, 1.54) is 18.3 Å². The number of anilines is 1. The fraction of sp³-hybridized carbons (Fsp3) is 0.545. The van der Waals surface area contributed by atoms with Gasteiger partial charge in [-0.1, -0.05) is 26.2 Å². The largest absolute Gasteiger partial charge is 0.384 e. The van der Waals surface area contributed by atoms with Gasteiger partial charge in [0.05, 0.1) is 4.90 Å². The Morgan fingerprint density at radius 3 is 2.76 bits per heavy atom. The Morgan fingerprint density at radius 2 is 2.12 bits per heavy atom. The summed E-state index contributed by atoms with van der Waals surface area (Å²) in [4.78, 5) is 3.93. The highest BCUT2D eigenvalue weighted by molar-refractivity contribution is 7.89. The second kappa shape index (κ2) is 6.56. The van der Waals surface area contributed by atoms with Gasteiger partial charge in [-0.25, -0.2) is 18.1 Å². The molecular formula is C11H19N3O2S. The van der Waals surface area contributed by atoms with E-state index in [-0.39, 0.29) is 10.7 Å². The highest BCUT2D eigenvalue weighted by Gasteiger charge is 2.13. The standard InChI is InChI=1S/C11H19N3O2S/c1-2-3-4-5-7-14-17(15,16)10-6-8-13-11(12)9-10/h6,8-9,14H,2-5,7H2,1H3,(H2,12,13). The van der Waals surface area contributed by atoms with Crippen LogP contribution in [-0.2, 0) is 10.0 Å². The quantitative estimate of drug-likeness (QED) is 0.725. The van der Waals surface area contributed by atoms with Crippen molar-refractivity contribution in [3.05, 3.63) is 18.3 Å². The molecule has 0 radical (unpaired) electrons. The van der Waals surface area contributed by atoms with Crippen LogP contribution < -0.4 is 10.5 Å². The SMILES string of the molecule is CCCCCCNS(=O)(=O)c1ccnc(N)c1. The molecule has 0 aliphatic rings. The molecule has 5 nitrogen and oxygen atoms in total. The fourth-order valence-corrected chi connectivity index (χ4v) is 2.53. The van der Waals surface area contributed by atoms with Crippen LogP contribution in [0.15, 0.2) is 23.2 Å². The van der Waals surface area contributed by atoms with Crippen LogP contribution in [0.25, 0.3) is 0 Å². The molecular weight excluding hydrogens is 238 g/mol. The fourth-order valence-electron chi connectivity index (χ4n) is 1.44. The second-order valence-electron chi connectivity index (χ2n) is 3.87. The molecule has 0 aliphatic carbocycles. The first-order valence-corrected chi connectivity index (χ1v) is 7.26. The van der Waals surface area contributed by atoms with Crippen molar-refractivity contribution in [1.82, 2.24) is 9.71 Å².